The topological polar surface area (TPSA) is 106 Å². The number of aromatic nitrogens is 3. The first-order chi connectivity index (χ1) is 13.7. The Bertz CT molecular complexity index is 906. The number of nitrogens with zero attached hydrogens (tertiary/aromatic N) is 3. The SMILES string of the molecule is CC(C)(C)OC(=O)NCC1CCCCCC1n1c(C(=O)O)cc2cnc(Cl)nc21. The minimum absolute atomic E-state index is 0.0486. The van der Waals surface area contributed by atoms with E-state index in [0.717, 1.165) is 32.1 Å². The molecule has 3 rings (SSSR count). The molecular weight excluding hydrogens is 396 g/mol. The summed E-state index contributed by atoms with van der Waals surface area (Å²) in [6.45, 7) is 5.85. The van der Waals surface area contributed by atoms with Gasteiger partial charge in [-0.2, -0.15) is 4.98 Å². The molecule has 9 heteroatoms. The molecule has 1 amide bonds. The van der Waals surface area contributed by atoms with Crippen molar-refractivity contribution in [2.24, 2.45) is 5.92 Å². The van der Waals surface area contributed by atoms with Crippen LogP contribution in [-0.2, 0) is 4.74 Å². The van der Waals surface area contributed by atoms with Gasteiger partial charge >= 0.3 is 12.1 Å². The van der Waals surface area contributed by atoms with Crippen LogP contribution in [-0.4, -0.2) is 43.8 Å². The van der Waals surface area contributed by atoms with Gasteiger partial charge in [-0.05, 0) is 57.2 Å². The summed E-state index contributed by atoms with van der Waals surface area (Å²) >= 11 is 5.99. The zero-order chi connectivity index (χ0) is 21.2. The third-order valence-corrected chi connectivity index (χ3v) is 5.31. The summed E-state index contributed by atoms with van der Waals surface area (Å²) in [5, 5.41) is 13.3. The number of alkyl carbamates (subject to hydrolysis) is 1. The molecule has 2 heterocycles. The zero-order valence-electron chi connectivity index (χ0n) is 16.9. The average Bonchev–Trinajstić information content (AvgIpc) is 2.83. The van der Waals surface area contributed by atoms with Crippen LogP contribution in [0, 0.1) is 5.92 Å². The molecule has 0 aromatic carbocycles. The van der Waals surface area contributed by atoms with Crippen molar-refractivity contribution in [3.8, 4) is 0 Å². The summed E-state index contributed by atoms with van der Waals surface area (Å²) in [4.78, 5) is 32.4. The lowest BCUT2D eigenvalue weighted by Gasteiger charge is -2.29. The van der Waals surface area contributed by atoms with Crippen LogP contribution in [0.25, 0.3) is 11.0 Å². The first kappa shape index (κ1) is 21.4. The van der Waals surface area contributed by atoms with Gasteiger partial charge in [0.05, 0.1) is 0 Å². The zero-order valence-corrected chi connectivity index (χ0v) is 17.7. The quantitative estimate of drug-likeness (QED) is 0.557. The number of amides is 1. The van der Waals surface area contributed by atoms with Gasteiger partial charge in [0.15, 0.2) is 0 Å². The van der Waals surface area contributed by atoms with Crippen LogP contribution >= 0.6 is 11.6 Å². The Labute approximate surface area is 174 Å². The summed E-state index contributed by atoms with van der Waals surface area (Å²) in [6, 6.07) is 1.46. The van der Waals surface area contributed by atoms with E-state index in [1.807, 2.05) is 20.8 Å². The van der Waals surface area contributed by atoms with Gasteiger partial charge in [0.2, 0.25) is 5.28 Å². The van der Waals surface area contributed by atoms with E-state index in [4.69, 9.17) is 16.3 Å². The van der Waals surface area contributed by atoms with E-state index in [9.17, 15) is 14.7 Å². The predicted octanol–water partition coefficient (Wildman–Crippen LogP) is 4.43. The number of hydrogen-bond acceptors (Lipinski definition) is 5. The summed E-state index contributed by atoms with van der Waals surface area (Å²) in [5.41, 5.74) is 0.0931. The number of fused-ring (bicyclic) bond motifs is 1. The van der Waals surface area contributed by atoms with Crippen LogP contribution in [0.1, 0.15) is 69.4 Å². The first-order valence-electron chi connectivity index (χ1n) is 9.89. The normalized spacial score (nSPS) is 20.3. The number of carboxylic acids is 1. The second-order valence-corrected chi connectivity index (χ2v) is 8.81. The lowest BCUT2D eigenvalue weighted by atomic mass is 9.94. The van der Waals surface area contributed by atoms with Gasteiger partial charge in [0, 0.05) is 24.2 Å². The van der Waals surface area contributed by atoms with Crippen molar-refractivity contribution in [3.05, 3.63) is 23.2 Å². The minimum atomic E-state index is -1.03. The molecule has 1 fully saturated rings. The molecule has 2 aromatic heterocycles. The van der Waals surface area contributed by atoms with Crippen LogP contribution in [0.5, 0.6) is 0 Å². The summed E-state index contributed by atoms with van der Waals surface area (Å²) in [7, 11) is 0. The van der Waals surface area contributed by atoms with Crippen molar-refractivity contribution in [1.82, 2.24) is 19.9 Å². The van der Waals surface area contributed by atoms with Gasteiger partial charge < -0.3 is 19.7 Å². The number of halogens is 1. The van der Waals surface area contributed by atoms with E-state index in [-0.39, 0.29) is 22.9 Å². The molecule has 2 aromatic rings. The maximum atomic E-state index is 12.1. The number of nitrogens with one attached hydrogen (secondary N) is 1. The lowest BCUT2D eigenvalue weighted by Crippen LogP contribution is -2.37. The Morgan fingerprint density at radius 1 is 1.31 bits per heavy atom. The van der Waals surface area contributed by atoms with E-state index in [1.54, 1.807) is 10.6 Å². The van der Waals surface area contributed by atoms with Crippen LogP contribution in [0.3, 0.4) is 0 Å². The van der Waals surface area contributed by atoms with Crippen LogP contribution < -0.4 is 5.32 Å². The Hall–Kier alpha value is -2.35. The van der Waals surface area contributed by atoms with Crippen molar-refractivity contribution in [1.29, 1.82) is 0 Å². The summed E-state index contributed by atoms with van der Waals surface area (Å²) < 4.78 is 7.11. The highest BCUT2D eigenvalue weighted by atomic mass is 35.5. The van der Waals surface area contributed by atoms with Gasteiger partial charge in [-0.3, -0.25) is 0 Å². The molecule has 0 saturated heterocycles. The summed E-state index contributed by atoms with van der Waals surface area (Å²) in [5.74, 6) is -0.977. The molecule has 8 nitrogen and oxygen atoms in total. The molecule has 2 unspecified atom stereocenters. The molecule has 2 N–H and O–H groups in total. The van der Waals surface area contributed by atoms with Gasteiger partial charge in [0.1, 0.15) is 16.9 Å². The smallest absolute Gasteiger partial charge is 0.407 e. The first-order valence-corrected chi connectivity index (χ1v) is 10.3. The van der Waals surface area contributed by atoms with Crippen LogP contribution in [0.4, 0.5) is 4.79 Å². The van der Waals surface area contributed by atoms with Gasteiger partial charge in [-0.1, -0.05) is 19.3 Å². The highest BCUT2D eigenvalue weighted by Gasteiger charge is 2.31. The van der Waals surface area contributed by atoms with E-state index in [2.05, 4.69) is 15.3 Å². The third-order valence-electron chi connectivity index (χ3n) is 5.12. The molecule has 0 bridgehead atoms. The van der Waals surface area contributed by atoms with Gasteiger partial charge in [-0.25, -0.2) is 14.6 Å². The van der Waals surface area contributed by atoms with Crippen molar-refractivity contribution in [2.45, 2.75) is 64.5 Å². The molecule has 1 saturated carbocycles. The number of rotatable bonds is 4. The fraction of sp³-hybridized carbons (Fsp3) is 0.600. The standard InChI is InChI=1S/C20H27ClN4O4/c1-20(2,3)29-19(28)23-10-12-7-5-4-6-8-14(12)25-15(17(26)27)9-13-11-22-18(21)24-16(13)25/h9,11-12,14H,4-8,10H2,1-3H3,(H,23,28)(H,26,27). The van der Waals surface area contributed by atoms with E-state index in [1.165, 1.54) is 6.20 Å². The Kier molecular flexibility index (Phi) is 6.31. The fourth-order valence-corrected chi connectivity index (χ4v) is 4.09. The number of carboxylic acid groups (broad SMARTS) is 1. The molecule has 2 atom stereocenters. The third kappa shape index (κ3) is 5.18. The molecule has 0 aliphatic heterocycles. The summed E-state index contributed by atoms with van der Waals surface area (Å²) in [6.07, 6.45) is 5.81. The molecule has 0 radical (unpaired) electrons. The van der Waals surface area contributed by atoms with Gasteiger partial charge in [-0.15, -0.1) is 0 Å². The number of carbonyl (C=O) groups excluding carboxylic acids is 1. The van der Waals surface area contributed by atoms with Gasteiger partial charge in [0.25, 0.3) is 0 Å². The molecule has 1 aliphatic rings. The van der Waals surface area contributed by atoms with Crippen molar-refractivity contribution in [2.75, 3.05) is 6.54 Å². The average molecular weight is 423 g/mol. The van der Waals surface area contributed by atoms with Crippen LogP contribution in [0.2, 0.25) is 5.28 Å². The molecule has 29 heavy (non-hydrogen) atoms. The Balaban J connectivity index is 1.93. The number of aromatic carboxylic acids is 1. The molecule has 158 valence electrons. The Morgan fingerprint density at radius 3 is 2.72 bits per heavy atom. The minimum Gasteiger partial charge on any atom is -0.477 e. The fourth-order valence-electron chi connectivity index (χ4n) is 3.96. The number of ether oxygens (including phenoxy) is 1. The largest absolute Gasteiger partial charge is 0.477 e. The lowest BCUT2D eigenvalue weighted by molar-refractivity contribution is 0.0509. The Morgan fingerprint density at radius 2 is 2.03 bits per heavy atom. The highest BCUT2D eigenvalue weighted by molar-refractivity contribution is 6.28. The second-order valence-electron chi connectivity index (χ2n) is 8.47. The predicted molar refractivity (Wildman–Crippen MR) is 109 cm³/mol. The maximum absolute atomic E-state index is 12.1. The van der Waals surface area contributed by atoms with Crippen LogP contribution in [0.15, 0.2) is 12.3 Å². The maximum Gasteiger partial charge on any atom is 0.407 e. The van der Waals surface area contributed by atoms with Crippen molar-refractivity contribution >= 4 is 34.7 Å². The van der Waals surface area contributed by atoms with Crippen molar-refractivity contribution < 1.29 is 19.4 Å². The molecular formula is C20H27ClN4O4. The monoisotopic (exact) mass is 422 g/mol. The van der Waals surface area contributed by atoms with E-state index >= 15 is 0 Å². The van der Waals surface area contributed by atoms with E-state index in [0.29, 0.717) is 17.6 Å². The highest BCUT2D eigenvalue weighted by Crippen LogP contribution is 2.36. The van der Waals surface area contributed by atoms with Crippen molar-refractivity contribution in [3.63, 3.8) is 0 Å². The number of carbonyl (C=O) groups is 2. The molecule has 0 spiro atoms. The second kappa shape index (κ2) is 8.57. The van der Waals surface area contributed by atoms with E-state index < -0.39 is 17.7 Å². The molecule has 1 aliphatic carbocycles. The number of hydrogen-bond donors (Lipinski definition) is 2.